The van der Waals surface area contributed by atoms with Gasteiger partial charge in [0.25, 0.3) is 0 Å². The molecule has 1 atom stereocenters. The molecule has 30 heavy (non-hydrogen) atoms. The zero-order chi connectivity index (χ0) is 21.9. The summed E-state index contributed by atoms with van der Waals surface area (Å²) in [7, 11) is -4.28. The number of benzene rings is 2. The molecule has 9 heteroatoms. The number of hydrogen-bond donors (Lipinski definition) is 1. The van der Waals surface area contributed by atoms with E-state index in [1.807, 2.05) is 26.0 Å². The Morgan fingerprint density at radius 2 is 2.07 bits per heavy atom. The first kappa shape index (κ1) is 22.7. The molecule has 6 nitrogen and oxygen atoms in total. The van der Waals surface area contributed by atoms with Crippen molar-refractivity contribution in [3.8, 4) is 0 Å². The van der Waals surface area contributed by atoms with Crippen LogP contribution in [-0.4, -0.2) is 44.4 Å². The summed E-state index contributed by atoms with van der Waals surface area (Å²) in [5.41, 5.74) is 2.50. The molecule has 3 rings (SSSR count). The van der Waals surface area contributed by atoms with Gasteiger partial charge in [0.15, 0.2) is 0 Å². The van der Waals surface area contributed by atoms with E-state index in [0.717, 1.165) is 34.0 Å². The van der Waals surface area contributed by atoms with Crippen LogP contribution in [-0.2, 0) is 19.6 Å². The second-order valence-corrected chi connectivity index (χ2v) is 9.65. The SMILES string of the molecule is Cc1cccc(NC(=O)CN(CC2CCCO2)S(=O)(=O)c2ccc(Cl)cc2F)c1C. The quantitative estimate of drug-likeness (QED) is 0.688. The van der Waals surface area contributed by atoms with Gasteiger partial charge in [0, 0.05) is 23.9 Å². The highest BCUT2D eigenvalue weighted by molar-refractivity contribution is 7.89. The van der Waals surface area contributed by atoms with Crippen LogP contribution in [0, 0.1) is 19.7 Å². The minimum atomic E-state index is -4.28. The van der Waals surface area contributed by atoms with Crippen LogP contribution < -0.4 is 5.32 Å². The standard InChI is InChI=1S/C21H24ClFN2O4S/c1-14-5-3-7-19(15(14)2)24-21(26)13-25(12-17-6-4-10-29-17)30(27,28)20-9-8-16(22)11-18(20)23/h3,5,7-9,11,17H,4,6,10,12-13H2,1-2H3,(H,24,26). The van der Waals surface area contributed by atoms with Gasteiger partial charge in [-0.2, -0.15) is 4.31 Å². The van der Waals surface area contributed by atoms with E-state index in [-0.39, 0.29) is 17.7 Å². The molecular weight excluding hydrogens is 431 g/mol. The van der Waals surface area contributed by atoms with E-state index >= 15 is 0 Å². The van der Waals surface area contributed by atoms with Gasteiger partial charge >= 0.3 is 0 Å². The van der Waals surface area contributed by atoms with E-state index in [1.165, 1.54) is 6.07 Å². The Kier molecular flexibility index (Phi) is 7.13. The van der Waals surface area contributed by atoms with Gasteiger partial charge in [0.05, 0.1) is 12.6 Å². The number of anilines is 1. The number of hydrogen-bond acceptors (Lipinski definition) is 4. The summed E-state index contributed by atoms with van der Waals surface area (Å²) in [4.78, 5) is 12.2. The van der Waals surface area contributed by atoms with Crippen LogP contribution in [0.25, 0.3) is 0 Å². The zero-order valence-corrected chi connectivity index (χ0v) is 18.4. The lowest BCUT2D eigenvalue weighted by molar-refractivity contribution is -0.116. The fourth-order valence-corrected chi connectivity index (χ4v) is 4.96. The Bertz CT molecular complexity index is 1040. The molecule has 1 fully saturated rings. The number of rotatable bonds is 7. The number of carbonyl (C=O) groups is 1. The largest absolute Gasteiger partial charge is 0.377 e. The summed E-state index contributed by atoms with van der Waals surface area (Å²) in [5, 5.41) is 2.84. The first-order valence-electron chi connectivity index (χ1n) is 9.61. The van der Waals surface area contributed by atoms with Crippen LogP contribution in [0.3, 0.4) is 0 Å². The molecule has 1 saturated heterocycles. The van der Waals surface area contributed by atoms with Crippen molar-refractivity contribution in [1.82, 2.24) is 4.31 Å². The third kappa shape index (κ3) is 5.18. The van der Waals surface area contributed by atoms with Crippen molar-refractivity contribution in [2.45, 2.75) is 37.7 Å². The van der Waals surface area contributed by atoms with Crippen molar-refractivity contribution in [3.05, 3.63) is 58.4 Å². The monoisotopic (exact) mass is 454 g/mol. The number of amides is 1. The first-order chi connectivity index (χ1) is 14.2. The maximum absolute atomic E-state index is 14.4. The van der Waals surface area contributed by atoms with Crippen molar-refractivity contribution in [2.24, 2.45) is 0 Å². The van der Waals surface area contributed by atoms with Crippen LogP contribution in [0.2, 0.25) is 5.02 Å². The maximum atomic E-state index is 14.4. The fourth-order valence-electron chi connectivity index (χ4n) is 3.32. The third-order valence-electron chi connectivity index (χ3n) is 5.14. The van der Waals surface area contributed by atoms with Crippen LogP contribution in [0.5, 0.6) is 0 Å². The fraction of sp³-hybridized carbons (Fsp3) is 0.381. The summed E-state index contributed by atoms with van der Waals surface area (Å²) < 4.78 is 47.2. The topological polar surface area (TPSA) is 75.7 Å². The van der Waals surface area contributed by atoms with E-state index in [0.29, 0.717) is 18.7 Å². The number of ether oxygens (including phenoxy) is 1. The van der Waals surface area contributed by atoms with E-state index in [9.17, 15) is 17.6 Å². The smallest absolute Gasteiger partial charge is 0.246 e. The molecule has 1 heterocycles. The van der Waals surface area contributed by atoms with Gasteiger partial charge in [-0.05, 0) is 62.1 Å². The van der Waals surface area contributed by atoms with Crippen molar-refractivity contribution < 1.29 is 22.3 Å². The molecule has 2 aromatic carbocycles. The minimum absolute atomic E-state index is 0.0371. The second kappa shape index (κ2) is 9.43. The van der Waals surface area contributed by atoms with E-state index in [4.69, 9.17) is 16.3 Å². The van der Waals surface area contributed by atoms with Crippen molar-refractivity contribution in [2.75, 3.05) is 25.0 Å². The number of nitrogens with zero attached hydrogens (tertiary/aromatic N) is 1. The second-order valence-electron chi connectivity index (χ2n) is 7.30. The molecule has 1 aliphatic heterocycles. The van der Waals surface area contributed by atoms with Gasteiger partial charge in [0.1, 0.15) is 10.7 Å². The van der Waals surface area contributed by atoms with Crippen molar-refractivity contribution in [3.63, 3.8) is 0 Å². The molecule has 1 unspecified atom stereocenters. The third-order valence-corrected chi connectivity index (χ3v) is 7.22. The number of nitrogens with one attached hydrogen (secondary N) is 1. The Balaban J connectivity index is 1.86. The van der Waals surface area contributed by atoms with E-state index in [2.05, 4.69) is 5.32 Å². The molecule has 0 bridgehead atoms. The molecule has 0 aromatic heterocycles. The Morgan fingerprint density at radius 3 is 2.73 bits per heavy atom. The van der Waals surface area contributed by atoms with E-state index in [1.54, 1.807) is 6.07 Å². The molecule has 1 N–H and O–H groups in total. The molecule has 0 saturated carbocycles. The van der Waals surface area contributed by atoms with Crippen LogP contribution in [0.1, 0.15) is 24.0 Å². The van der Waals surface area contributed by atoms with Gasteiger partial charge in [-0.25, -0.2) is 12.8 Å². The summed E-state index contributed by atoms with van der Waals surface area (Å²) in [5.74, 6) is -1.48. The maximum Gasteiger partial charge on any atom is 0.246 e. The van der Waals surface area contributed by atoms with Gasteiger partial charge in [-0.3, -0.25) is 4.79 Å². The average Bonchev–Trinajstić information content (AvgIpc) is 3.18. The predicted molar refractivity (Wildman–Crippen MR) is 114 cm³/mol. The molecule has 162 valence electrons. The summed E-state index contributed by atoms with van der Waals surface area (Å²) in [6, 6.07) is 8.83. The van der Waals surface area contributed by atoms with Crippen molar-refractivity contribution >= 4 is 33.2 Å². The normalized spacial score (nSPS) is 16.8. The molecule has 0 spiro atoms. The molecule has 0 aliphatic carbocycles. The van der Waals surface area contributed by atoms with Gasteiger partial charge < -0.3 is 10.1 Å². The van der Waals surface area contributed by atoms with Crippen LogP contribution >= 0.6 is 11.6 Å². The molecule has 1 aliphatic rings. The average molecular weight is 455 g/mol. The Morgan fingerprint density at radius 1 is 1.30 bits per heavy atom. The number of carbonyl (C=O) groups excluding carboxylic acids is 1. The predicted octanol–water partition coefficient (Wildman–Crippen LogP) is 3.90. The van der Waals surface area contributed by atoms with Crippen LogP contribution in [0.15, 0.2) is 41.3 Å². The highest BCUT2D eigenvalue weighted by Crippen LogP contribution is 2.25. The lowest BCUT2D eigenvalue weighted by atomic mass is 10.1. The molecular formula is C21H24ClFN2O4S. The molecule has 1 amide bonds. The molecule has 2 aromatic rings. The van der Waals surface area contributed by atoms with Gasteiger partial charge in [-0.15, -0.1) is 0 Å². The lowest BCUT2D eigenvalue weighted by Crippen LogP contribution is -2.42. The van der Waals surface area contributed by atoms with Gasteiger partial charge in [0.2, 0.25) is 15.9 Å². The Hall–Kier alpha value is -2.00. The van der Waals surface area contributed by atoms with Crippen LogP contribution in [0.4, 0.5) is 10.1 Å². The van der Waals surface area contributed by atoms with Crippen molar-refractivity contribution in [1.29, 1.82) is 0 Å². The summed E-state index contributed by atoms with van der Waals surface area (Å²) in [6.45, 7) is 3.82. The first-order valence-corrected chi connectivity index (χ1v) is 11.4. The number of sulfonamides is 1. The van der Waals surface area contributed by atoms with Gasteiger partial charge in [-0.1, -0.05) is 23.7 Å². The number of halogens is 2. The highest BCUT2D eigenvalue weighted by Gasteiger charge is 2.32. The number of aryl methyl sites for hydroxylation is 1. The van der Waals surface area contributed by atoms with E-state index < -0.39 is 33.2 Å². The molecule has 0 radical (unpaired) electrons. The minimum Gasteiger partial charge on any atom is -0.377 e. The summed E-state index contributed by atoms with van der Waals surface area (Å²) in [6.07, 6.45) is 1.14. The zero-order valence-electron chi connectivity index (χ0n) is 16.8. The highest BCUT2D eigenvalue weighted by atomic mass is 35.5. The summed E-state index contributed by atoms with van der Waals surface area (Å²) >= 11 is 5.75. The lowest BCUT2D eigenvalue weighted by Gasteiger charge is -2.25. The Labute approximate surface area is 181 Å².